The maximum absolute atomic E-state index is 10.5. The first kappa shape index (κ1) is 10.8. The average molecular weight is 198 g/mol. The molecule has 0 aliphatic heterocycles. The highest BCUT2D eigenvalue weighted by molar-refractivity contribution is 5.84. The van der Waals surface area contributed by atoms with Gasteiger partial charge in [-0.25, -0.2) is 4.79 Å². The van der Waals surface area contributed by atoms with Gasteiger partial charge in [-0.15, -0.1) is 0 Å². The van der Waals surface area contributed by atoms with E-state index in [9.17, 15) is 9.90 Å². The molecule has 78 valence electrons. The summed E-state index contributed by atoms with van der Waals surface area (Å²) < 4.78 is 5.03. The number of carboxylic acids is 1. The third kappa shape index (κ3) is 2.88. The van der Waals surface area contributed by atoms with E-state index in [4.69, 9.17) is 9.52 Å². The molecule has 1 heterocycles. The van der Waals surface area contributed by atoms with E-state index in [1.807, 2.05) is 6.92 Å². The van der Waals surface area contributed by atoms with E-state index in [0.717, 1.165) is 0 Å². The molecule has 0 aliphatic carbocycles. The van der Waals surface area contributed by atoms with Crippen LogP contribution >= 0.6 is 0 Å². The van der Waals surface area contributed by atoms with Crippen molar-refractivity contribution >= 4 is 5.97 Å². The first-order valence-corrected chi connectivity index (χ1v) is 4.63. The van der Waals surface area contributed by atoms with Gasteiger partial charge in [0.2, 0.25) is 5.76 Å². The number of aliphatic hydroxyl groups is 1. The SMILES string of the molecule is CCC(O)CCc1ccc(C(=O)O)o1. The summed E-state index contributed by atoms with van der Waals surface area (Å²) in [6.45, 7) is 1.90. The number of carboxylic acid groups (broad SMARTS) is 1. The maximum atomic E-state index is 10.5. The molecule has 0 saturated carbocycles. The summed E-state index contributed by atoms with van der Waals surface area (Å²) in [6.07, 6.45) is 1.53. The zero-order valence-corrected chi connectivity index (χ0v) is 8.06. The van der Waals surface area contributed by atoms with Crippen LogP contribution in [0.4, 0.5) is 0 Å². The molecular formula is C10H14O4. The van der Waals surface area contributed by atoms with Gasteiger partial charge in [0.1, 0.15) is 5.76 Å². The highest BCUT2D eigenvalue weighted by atomic mass is 16.4. The number of aromatic carboxylic acids is 1. The fourth-order valence-electron chi connectivity index (χ4n) is 1.14. The Hall–Kier alpha value is -1.29. The van der Waals surface area contributed by atoms with Crippen LogP contribution in [-0.4, -0.2) is 22.3 Å². The first-order valence-electron chi connectivity index (χ1n) is 4.63. The summed E-state index contributed by atoms with van der Waals surface area (Å²) in [4.78, 5) is 10.5. The van der Waals surface area contributed by atoms with Crippen LogP contribution in [-0.2, 0) is 6.42 Å². The largest absolute Gasteiger partial charge is 0.475 e. The molecule has 0 radical (unpaired) electrons. The Morgan fingerprint density at radius 1 is 1.57 bits per heavy atom. The number of carbonyl (C=O) groups is 1. The summed E-state index contributed by atoms with van der Waals surface area (Å²) >= 11 is 0. The lowest BCUT2D eigenvalue weighted by atomic mass is 10.1. The fourth-order valence-corrected chi connectivity index (χ4v) is 1.14. The third-order valence-corrected chi connectivity index (χ3v) is 2.07. The van der Waals surface area contributed by atoms with Gasteiger partial charge in [-0.2, -0.15) is 0 Å². The Bertz CT molecular complexity index is 303. The van der Waals surface area contributed by atoms with Gasteiger partial charge in [0.25, 0.3) is 0 Å². The molecule has 4 heteroatoms. The van der Waals surface area contributed by atoms with Crippen molar-refractivity contribution < 1.29 is 19.4 Å². The van der Waals surface area contributed by atoms with Gasteiger partial charge >= 0.3 is 5.97 Å². The van der Waals surface area contributed by atoms with Crippen LogP contribution in [0.2, 0.25) is 0 Å². The third-order valence-electron chi connectivity index (χ3n) is 2.07. The molecule has 0 bridgehead atoms. The van der Waals surface area contributed by atoms with Gasteiger partial charge in [0, 0.05) is 6.42 Å². The van der Waals surface area contributed by atoms with Gasteiger partial charge < -0.3 is 14.6 Å². The Balaban J connectivity index is 2.48. The average Bonchev–Trinajstić information content (AvgIpc) is 2.62. The van der Waals surface area contributed by atoms with E-state index in [2.05, 4.69) is 0 Å². The second-order valence-electron chi connectivity index (χ2n) is 3.17. The van der Waals surface area contributed by atoms with E-state index >= 15 is 0 Å². The van der Waals surface area contributed by atoms with E-state index in [1.165, 1.54) is 6.07 Å². The second-order valence-corrected chi connectivity index (χ2v) is 3.17. The van der Waals surface area contributed by atoms with Crippen LogP contribution in [0.15, 0.2) is 16.5 Å². The van der Waals surface area contributed by atoms with Crippen LogP contribution in [0.1, 0.15) is 36.1 Å². The van der Waals surface area contributed by atoms with E-state index in [1.54, 1.807) is 6.07 Å². The Kier molecular flexibility index (Phi) is 3.71. The Labute approximate surface area is 82.2 Å². The van der Waals surface area contributed by atoms with Crippen LogP contribution in [0.25, 0.3) is 0 Å². The molecule has 0 spiro atoms. The molecule has 0 aliphatic rings. The van der Waals surface area contributed by atoms with Crippen molar-refractivity contribution in [2.45, 2.75) is 32.3 Å². The van der Waals surface area contributed by atoms with Crippen LogP contribution < -0.4 is 0 Å². The molecule has 1 rings (SSSR count). The van der Waals surface area contributed by atoms with Gasteiger partial charge in [0.05, 0.1) is 6.10 Å². The zero-order valence-electron chi connectivity index (χ0n) is 8.06. The van der Waals surface area contributed by atoms with Crippen molar-refractivity contribution in [1.29, 1.82) is 0 Å². The standard InChI is InChI=1S/C10H14O4/c1-2-7(11)3-4-8-5-6-9(14-8)10(12)13/h5-7,11H,2-4H2,1H3,(H,12,13). The summed E-state index contributed by atoms with van der Waals surface area (Å²) in [5.41, 5.74) is 0. The van der Waals surface area contributed by atoms with E-state index < -0.39 is 5.97 Å². The predicted molar refractivity (Wildman–Crippen MR) is 50.3 cm³/mol. The first-order chi connectivity index (χ1) is 6.63. The number of furan rings is 1. The van der Waals surface area contributed by atoms with Crippen molar-refractivity contribution in [2.24, 2.45) is 0 Å². The lowest BCUT2D eigenvalue weighted by Crippen LogP contribution is -2.05. The molecular weight excluding hydrogens is 184 g/mol. The van der Waals surface area contributed by atoms with Crippen molar-refractivity contribution in [3.63, 3.8) is 0 Å². The summed E-state index contributed by atoms with van der Waals surface area (Å²) in [5, 5.41) is 17.9. The smallest absolute Gasteiger partial charge is 0.371 e. The highest BCUT2D eigenvalue weighted by Gasteiger charge is 2.09. The molecule has 1 aromatic rings. The number of hydrogen-bond donors (Lipinski definition) is 2. The topological polar surface area (TPSA) is 70.7 Å². The molecule has 4 nitrogen and oxygen atoms in total. The van der Waals surface area contributed by atoms with Crippen molar-refractivity contribution in [3.05, 3.63) is 23.7 Å². The zero-order chi connectivity index (χ0) is 10.6. The number of aliphatic hydroxyl groups excluding tert-OH is 1. The summed E-state index contributed by atoms with van der Waals surface area (Å²) in [7, 11) is 0. The lowest BCUT2D eigenvalue weighted by Gasteiger charge is -2.04. The van der Waals surface area contributed by atoms with Gasteiger partial charge in [0.15, 0.2) is 0 Å². The molecule has 0 amide bonds. The number of hydrogen-bond acceptors (Lipinski definition) is 3. The van der Waals surface area contributed by atoms with Crippen molar-refractivity contribution in [2.75, 3.05) is 0 Å². The molecule has 2 N–H and O–H groups in total. The molecule has 1 unspecified atom stereocenters. The quantitative estimate of drug-likeness (QED) is 0.755. The number of aryl methyl sites for hydroxylation is 1. The summed E-state index contributed by atoms with van der Waals surface area (Å²) in [5.74, 6) is -0.506. The predicted octanol–water partition coefficient (Wildman–Crippen LogP) is 1.68. The summed E-state index contributed by atoms with van der Waals surface area (Å²) in [6, 6.07) is 3.06. The molecule has 14 heavy (non-hydrogen) atoms. The lowest BCUT2D eigenvalue weighted by molar-refractivity contribution is 0.0660. The Morgan fingerprint density at radius 2 is 2.29 bits per heavy atom. The number of rotatable bonds is 5. The normalized spacial score (nSPS) is 12.7. The van der Waals surface area contributed by atoms with Crippen molar-refractivity contribution in [1.82, 2.24) is 0 Å². The van der Waals surface area contributed by atoms with Gasteiger partial charge in [-0.3, -0.25) is 0 Å². The van der Waals surface area contributed by atoms with Gasteiger partial charge in [-0.05, 0) is 25.0 Å². The monoisotopic (exact) mass is 198 g/mol. The van der Waals surface area contributed by atoms with E-state index in [0.29, 0.717) is 25.0 Å². The molecule has 1 aromatic heterocycles. The Morgan fingerprint density at radius 3 is 2.79 bits per heavy atom. The molecule has 0 fully saturated rings. The fraction of sp³-hybridized carbons (Fsp3) is 0.500. The van der Waals surface area contributed by atoms with Gasteiger partial charge in [-0.1, -0.05) is 6.92 Å². The minimum absolute atomic E-state index is 0.0500. The molecule has 0 aromatic carbocycles. The van der Waals surface area contributed by atoms with Crippen LogP contribution in [0.5, 0.6) is 0 Å². The van der Waals surface area contributed by atoms with Crippen LogP contribution in [0.3, 0.4) is 0 Å². The minimum atomic E-state index is -1.06. The van der Waals surface area contributed by atoms with Crippen molar-refractivity contribution in [3.8, 4) is 0 Å². The second kappa shape index (κ2) is 4.81. The maximum Gasteiger partial charge on any atom is 0.371 e. The molecule has 1 atom stereocenters. The minimum Gasteiger partial charge on any atom is -0.475 e. The molecule has 0 saturated heterocycles. The van der Waals surface area contributed by atoms with E-state index in [-0.39, 0.29) is 11.9 Å². The van der Waals surface area contributed by atoms with Crippen LogP contribution in [0, 0.1) is 0 Å². The highest BCUT2D eigenvalue weighted by Crippen LogP contribution is 2.11.